The van der Waals surface area contributed by atoms with E-state index in [1.165, 1.54) is 52.6 Å². The first-order valence-electron chi connectivity index (χ1n) is 19.6. The van der Waals surface area contributed by atoms with E-state index in [4.69, 9.17) is 16.3 Å². The SMILES string of the molecule is C.C.C.C.C.C.CCn1c(=O)nc(C)n(PC)c1=O.CCn1c(=O)nc(C)n(PC)c1=O.CCn1c(=O)nc(SC)n(PC)c1=O.CPN=C(N)SC.CPNC(N)=S.CPn1c(SC)nc(=O)[nH]c1=O.O=C=NC(=O)Cl. The van der Waals surface area contributed by atoms with Gasteiger partial charge in [0.25, 0.3) is 0 Å². The zero-order valence-electron chi connectivity index (χ0n) is 41.2. The third-order valence-electron chi connectivity index (χ3n) is 7.33. The molecule has 4 aromatic heterocycles. The minimum absolute atomic E-state index is 0. The Balaban J connectivity index is -0.000000101. The zero-order valence-corrected chi connectivity index (χ0v) is 51.2. The Morgan fingerprint density at radius 2 is 1.00 bits per heavy atom. The Morgan fingerprint density at radius 1 is 0.649 bits per heavy atom. The van der Waals surface area contributed by atoms with Crippen LogP contribution in [0.15, 0.2) is 58.4 Å². The largest absolute Gasteiger partial charge is 0.378 e. The van der Waals surface area contributed by atoms with Gasteiger partial charge >= 0.3 is 50.9 Å². The summed E-state index contributed by atoms with van der Waals surface area (Å²) in [6.07, 6.45) is 6.45. The number of aryl methyl sites for hydroxylation is 2. The standard InChI is InChI=1S/C7H12N3O2PS.2C7H12N3O2P.C5H8N3O2PS.C3H9N2PS.C2ClNO2.C2H7N2PS.6CH4/c1-4-9-5(11)8-6(14-3)10(13-2)7(9)12;2*1-4-9-6(11)8-5(2)10(13-3)7(9)12;1-11-8-4(10)6-3(9)7-5(8)12-2;1-6-5-3(4)7-2;3-2(6)4-1-5;1-5-4-2(3)6;;;;;;/h13H,4H2,1-3H3;2*13H,4H2,1-3H3;11H,1-2H3,(H,6,9,10);6H,1-2H3,(H2,4,5);;5H,1H3,(H3,3,4,6);6*1H4. The summed E-state index contributed by atoms with van der Waals surface area (Å²) >= 11 is 13.1. The molecule has 0 aliphatic rings. The van der Waals surface area contributed by atoms with Crippen molar-refractivity contribution in [3.63, 3.8) is 0 Å². The predicted octanol–water partition coefficient (Wildman–Crippen LogP) is 4.98. The highest BCUT2D eigenvalue weighted by molar-refractivity contribution is 8.13. The molecule has 0 fully saturated rings. The van der Waals surface area contributed by atoms with E-state index < -0.39 is 28.1 Å². The Morgan fingerprint density at radius 3 is 1.23 bits per heavy atom. The maximum Gasteiger partial charge on any atom is 0.354 e. The summed E-state index contributed by atoms with van der Waals surface area (Å²) in [5, 5.41) is 3.73. The lowest BCUT2D eigenvalue weighted by Crippen LogP contribution is -2.40. The number of aromatic nitrogens is 12. The van der Waals surface area contributed by atoms with Crippen molar-refractivity contribution < 1.29 is 9.59 Å². The summed E-state index contributed by atoms with van der Waals surface area (Å²) < 4.78 is 13.3. The van der Waals surface area contributed by atoms with Crippen LogP contribution in [0.3, 0.4) is 0 Å². The molecule has 0 aromatic carbocycles. The number of amidine groups is 1. The molecule has 0 saturated carbocycles. The number of nitrogens with one attached hydrogen (secondary N) is 2. The normalized spacial score (nSPS) is 10.1. The molecular weight excluding hydrogens is 1220 g/mol. The number of amides is 1. The van der Waals surface area contributed by atoms with Gasteiger partial charge in [0, 0.05) is 28.4 Å². The van der Waals surface area contributed by atoms with E-state index in [-0.39, 0.29) is 76.1 Å². The molecule has 6 unspecified atom stereocenters. The summed E-state index contributed by atoms with van der Waals surface area (Å²) in [6.45, 7) is 21.1. The van der Waals surface area contributed by atoms with Crippen LogP contribution >= 0.6 is 111 Å². The summed E-state index contributed by atoms with van der Waals surface area (Å²) in [6, 6.07) is 0. The topological polar surface area (TPSA) is 361 Å². The van der Waals surface area contributed by atoms with Gasteiger partial charge in [-0.2, -0.15) is 19.9 Å². The molecule has 0 aliphatic carbocycles. The molecule has 0 saturated heterocycles. The maximum absolute atomic E-state index is 11.7. The van der Waals surface area contributed by atoms with E-state index in [1.54, 1.807) is 47.1 Å². The van der Waals surface area contributed by atoms with Crippen molar-refractivity contribution in [1.82, 2.24) is 61.1 Å². The summed E-state index contributed by atoms with van der Waals surface area (Å²) in [7, 11) is 2.39. The molecule has 0 aliphatic heterocycles. The monoisotopic (exact) mass is 1300 g/mol. The highest BCUT2D eigenvalue weighted by atomic mass is 35.5. The van der Waals surface area contributed by atoms with Crippen LogP contribution in [0.2, 0.25) is 0 Å². The van der Waals surface area contributed by atoms with Gasteiger partial charge in [-0.25, -0.2) is 61.6 Å². The molecule has 4 rings (SSSR count). The minimum atomic E-state index is -1.04. The van der Waals surface area contributed by atoms with Gasteiger partial charge in [0.2, 0.25) is 6.08 Å². The van der Waals surface area contributed by atoms with Gasteiger partial charge in [-0.05, 0) is 161 Å². The fourth-order valence-corrected chi connectivity index (χ4v) is 10.2. The van der Waals surface area contributed by atoms with E-state index in [0.717, 1.165) is 19.8 Å². The van der Waals surface area contributed by atoms with Gasteiger partial charge in [0.1, 0.15) is 11.6 Å². The number of thiocarbonyl (C=S) groups is 1. The number of H-pyrrole nitrogens is 1. The fraction of sp³-hybridized carbons (Fsp3) is 0.590. The molecule has 6 atom stereocenters. The van der Waals surface area contributed by atoms with Crippen LogP contribution in [0.4, 0.5) is 4.79 Å². The Kier molecular flexibility index (Phi) is 64.2. The van der Waals surface area contributed by atoms with E-state index in [9.17, 15) is 43.2 Å². The Hall–Kier alpha value is -3.43. The lowest BCUT2D eigenvalue weighted by Gasteiger charge is -2.08. The van der Waals surface area contributed by atoms with Crippen molar-refractivity contribution >= 4 is 133 Å². The Bertz CT molecular complexity index is 2830. The lowest BCUT2D eigenvalue weighted by molar-refractivity contribution is 0.266. The molecule has 27 nitrogen and oxygen atoms in total. The number of nitrogens with zero attached hydrogens (tertiary/aromatic N) is 13. The number of aliphatic imine (C=N–C) groups is 1. The number of isocyanates is 1. The van der Waals surface area contributed by atoms with Gasteiger partial charge in [-0.15, -0.1) is 4.99 Å². The first kappa shape index (κ1) is 92.9. The van der Waals surface area contributed by atoms with Gasteiger partial charge in [0.15, 0.2) is 20.6 Å². The highest BCUT2D eigenvalue weighted by Gasteiger charge is 2.10. The van der Waals surface area contributed by atoms with Gasteiger partial charge in [-0.3, -0.25) is 27.1 Å². The number of halogens is 1. The molecule has 0 bridgehead atoms. The fourth-order valence-electron chi connectivity index (χ4n) is 4.36. The number of hydrogen-bond acceptors (Lipinski definition) is 19. The number of carbonyl (C=O) groups is 1. The van der Waals surface area contributed by atoms with Crippen LogP contribution in [0, 0.1) is 13.8 Å². The smallest absolute Gasteiger partial charge is 0.354 e. The second-order valence-corrected chi connectivity index (χ2v) is 19.6. The highest BCUT2D eigenvalue weighted by Crippen LogP contribution is 2.15. The first-order valence-corrected chi connectivity index (χ1v) is 32.8. The molecule has 4 aromatic rings. The summed E-state index contributed by atoms with van der Waals surface area (Å²) in [5.41, 5.74) is 7.19. The number of thioether (sulfide) groups is 3. The van der Waals surface area contributed by atoms with Gasteiger partial charge in [-0.1, -0.05) is 79.8 Å². The van der Waals surface area contributed by atoms with E-state index in [0.29, 0.717) is 95.5 Å². The first-order chi connectivity index (χ1) is 33.4. The number of rotatable bonds is 11. The van der Waals surface area contributed by atoms with Crippen LogP contribution < -0.4 is 62.1 Å². The third-order valence-corrected chi connectivity index (χ3v) is 14.6. The molecular formula is C39H84ClN17O10P6S4. The second-order valence-electron chi connectivity index (χ2n) is 11.5. The van der Waals surface area contributed by atoms with Crippen molar-refractivity contribution in [3.8, 4) is 0 Å². The number of nitrogens with two attached hydrogens (primary N) is 2. The van der Waals surface area contributed by atoms with Crippen LogP contribution in [-0.2, 0) is 24.4 Å². The zero-order chi connectivity index (χ0) is 55.6. The lowest BCUT2D eigenvalue weighted by atomic mass is 10.6. The molecule has 0 spiro atoms. The molecule has 446 valence electrons. The average Bonchev–Trinajstić information content (AvgIpc) is 3.30. The molecule has 38 heteroatoms. The van der Waals surface area contributed by atoms with Crippen molar-refractivity contribution in [2.45, 2.75) is 109 Å². The molecule has 77 heavy (non-hydrogen) atoms. The van der Waals surface area contributed by atoms with E-state index >= 15 is 0 Å². The molecule has 1 amide bonds. The van der Waals surface area contributed by atoms with Crippen molar-refractivity contribution in [2.75, 3.05) is 58.8 Å². The third kappa shape index (κ3) is 35.0. The van der Waals surface area contributed by atoms with E-state index in [1.807, 2.05) is 46.2 Å². The Labute approximate surface area is 485 Å². The number of carbonyl (C=O) groups excluding carboxylic acids is 2. The summed E-state index contributed by atoms with van der Waals surface area (Å²) in [4.78, 5) is 128. The van der Waals surface area contributed by atoms with Crippen molar-refractivity contribution in [2.24, 2.45) is 21.2 Å². The van der Waals surface area contributed by atoms with Crippen LogP contribution in [0.25, 0.3) is 0 Å². The van der Waals surface area contributed by atoms with Crippen LogP contribution in [0.5, 0.6) is 0 Å². The molecule has 4 heterocycles. The van der Waals surface area contributed by atoms with Crippen LogP contribution in [-0.4, -0.2) is 136 Å². The number of hydrogen-bond donors (Lipinski definition) is 4. The molecule has 0 radical (unpaired) electrons. The van der Waals surface area contributed by atoms with Gasteiger partial charge in [0.05, 0.1) is 0 Å². The van der Waals surface area contributed by atoms with Crippen molar-refractivity contribution in [3.05, 3.63) is 95.5 Å². The second kappa shape index (κ2) is 53.2. The van der Waals surface area contributed by atoms with Crippen LogP contribution in [0.1, 0.15) is 77.0 Å². The quantitative estimate of drug-likeness (QED) is 0.0225. The predicted molar refractivity (Wildman–Crippen MR) is 349 cm³/mol. The van der Waals surface area contributed by atoms with E-state index in [2.05, 4.69) is 63.6 Å². The van der Waals surface area contributed by atoms with Crippen molar-refractivity contribution in [1.29, 1.82) is 0 Å². The molecule has 6 N–H and O–H groups in total. The average molecular weight is 1300 g/mol. The number of aromatic amines is 1. The summed E-state index contributed by atoms with van der Waals surface area (Å²) in [5.74, 6) is 0.973. The minimum Gasteiger partial charge on any atom is -0.378 e. The van der Waals surface area contributed by atoms with Gasteiger partial charge < -0.3 is 16.6 Å². The maximum atomic E-state index is 11.7.